The molecule has 1 N–H and O–H groups in total. The van der Waals surface area contributed by atoms with Crippen molar-refractivity contribution in [2.45, 2.75) is 12.7 Å². The van der Waals surface area contributed by atoms with E-state index in [0.717, 1.165) is 16.3 Å². The fraction of sp³-hybridized carbons (Fsp3) is 0.158. The number of hydrogen-bond donors (Lipinski definition) is 1. The van der Waals surface area contributed by atoms with Crippen LogP contribution in [0.25, 0.3) is 16.7 Å². The molecule has 154 valence electrons. The molecule has 0 saturated carbocycles. The van der Waals surface area contributed by atoms with Crippen molar-refractivity contribution in [2.24, 2.45) is 7.05 Å². The lowest BCUT2D eigenvalue weighted by Gasteiger charge is -2.15. The summed E-state index contributed by atoms with van der Waals surface area (Å²) in [6.07, 6.45) is -3.07. The molecule has 0 fully saturated rings. The van der Waals surface area contributed by atoms with Crippen molar-refractivity contribution in [3.05, 3.63) is 75.6 Å². The summed E-state index contributed by atoms with van der Waals surface area (Å²) < 4.78 is 42.5. The zero-order chi connectivity index (χ0) is 21.5. The van der Waals surface area contributed by atoms with Crippen molar-refractivity contribution in [1.82, 2.24) is 24.3 Å². The lowest BCUT2D eigenvalue weighted by Crippen LogP contribution is -2.25. The molecule has 0 radical (unpaired) electrons. The first kappa shape index (κ1) is 19.9. The van der Waals surface area contributed by atoms with Crippen molar-refractivity contribution in [3.63, 3.8) is 0 Å². The van der Waals surface area contributed by atoms with Crippen LogP contribution in [0.1, 0.15) is 11.4 Å². The van der Waals surface area contributed by atoms with E-state index in [1.165, 1.54) is 18.2 Å². The van der Waals surface area contributed by atoms with Crippen molar-refractivity contribution in [2.75, 3.05) is 5.32 Å². The van der Waals surface area contributed by atoms with Crippen LogP contribution in [-0.4, -0.2) is 24.3 Å². The van der Waals surface area contributed by atoms with E-state index >= 15 is 0 Å². The fourth-order valence-corrected chi connectivity index (χ4v) is 3.21. The zero-order valence-corrected chi connectivity index (χ0v) is 16.2. The third kappa shape index (κ3) is 3.61. The number of benzene rings is 1. The predicted octanol–water partition coefficient (Wildman–Crippen LogP) is 3.80. The van der Waals surface area contributed by atoms with Gasteiger partial charge in [-0.1, -0.05) is 23.7 Å². The van der Waals surface area contributed by atoms with Gasteiger partial charge in [0.2, 0.25) is 0 Å². The molecule has 4 aromatic rings. The summed E-state index contributed by atoms with van der Waals surface area (Å²) >= 11 is 6.18. The number of fused-ring (bicyclic) bond motifs is 1. The second-order valence-electron chi connectivity index (χ2n) is 6.39. The van der Waals surface area contributed by atoms with E-state index in [4.69, 9.17) is 11.6 Å². The average molecular weight is 435 g/mol. The van der Waals surface area contributed by atoms with Crippen LogP contribution >= 0.6 is 11.6 Å². The Bertz CT molecular complexity index is 1300. The number of anilines is 1. The Kier molecular flexibility index (Phi) is 4.94. The van der Waals surface area contributed by atoms with Gasteiger partial charge in [0.1, 0.15) is 11.5 Å². The minimum absolute atomic E-state index is 0.112. The fourth-order valence-electron chi connectivity index (χ4n) is 2.99. The van der Waals surface area contributed by atoms with Gasteiger partial charge in [0.15, 0.2) is 5.65 Å². The second kappa shape index (κ2) is 7.45. The molecule has 0 aliphatic carbocycles. The smallest absolute Gasteiger partial charge is 0.364 e. The molecular formula is C19H14ClF3N6O. The van der Waals surface area contributed by atoms with Gasteiger partial charge in [-0.3, -0.25) is 4.68 Å². The number of halogens is 4. The molecule has 0 aliphatic heterocycles. The summed E-state index contributed by atoms with van der Waals surface area (Å²) in [5.74, 6) is 0.112. The first-order valence-electron chi connectivity index (χ1n) is 8.72. The lowest BCUT2D eigenvalue weighted by molar-refractivity contribution is -0.141. The molecule has 0 amide bonds. The molecule has 0 aliphatic rings. The lowest BCUT2D eigenvalue weighted by atomic mass is 10.2. The molecule has 0 bridgehead atoms. The Morgan fingerprint density at radius 3 is 2.53 bits per heavy atom. The zero-order valence-electron chi connectivity index (χ0n) is 15.5. The van der Waals surface area contributed by atoms with Gasteiger partial charge in [-0.2, -0.15) is 23.3 Å². The second-order valence-corrected chi connectivity index (χ2v) is 6.80. The van der Waals surface area contributed by atoms with E-state index in [2.05, 4.69) is 20.4 Å². The summed E-state index contributed by atoms with van der Waals surface area (Å²) in [5, 5.41) is 7.45. The van der Waals surface area contributed by atoms with Gasteiger partial charge < -0.3 is 5.32 Å². The van der Waals surface area contributed by atoms with E-state index < -0.39 is 17.6 Å². The number of hydrogen-bond acceptors (Lipinski definition) is 5. The van der Waals surface area contributed by atoms with Crippen LogP contribution < -0.4 is 11.0 Å². The number of rotatable bonds is 4. The molecule has 0 unspecified atom stereocenters. The number of pyridine rings is 1. The molecule has 3 aromatic heterocycles. The van der Waals surface area contributed by atoms with Gasteiger partial charge in [-0.05, 0) is 30.3 Å². The van der Waals surface area contributed by atoms with Crippen molar-refractivity contribution in [3.8, 4) is 5.69 Å². The molecule has 0 spiro atoms. The molecule has 30 heavy (non-hydrogen) atoms. The topological polar surface area (TPSA) is 77.6 Å². The van der Waals surface area contributed by atoms with E-state index in [9.17, 15) is 18.0 Å². The Hall–Kier alpha value is -3.40. The highest BCUT2D eigenvalue weighted by molar-refractivity contribution is 6.32. The van der Waals surface area contributed by atoms with Gasteiger partial charge in [0, 0.05) is 13.2 Å². The molecule has 1 aromatic carbocycles. The number of aromatic nitrogens is 5. The minimum atomic E-state index is -4.68. The Balaban J connectivity index is 1.93. The third-order valence-corrected chi connectivity index (χ3v) is 4.80. The van der Waals surface area contributed by atoms with Gasteiger partial charge in [0.05, 0.1) is 28.3 Å². The molecule has 0 saturated heterocycles. The minimum Gasteiger partial charge on any atom is -0.364 e. The van der Waals surface area contributed by atoms with Gasteiger partial charge in [0.25, 0.3) is 0 Å². The molecule has 11 heteroatoms. The highest BCUT2D eigenvalue weighted by Crippen LogP contribution is 2.31. The summed E-state index contributed by atoms with van der Waals surface area (Å²) in [5.41, 5.74) is -1.16. The van der Waals surface area contributed by atoms with E-state index in [1.54, 1.807) is 36.1 Å². The van der Waals surface area contributed by atoms with E-state index in [-0.39, 0.29) is 34.1 Å². The van der Waals surface area contributed by atoms with Gasteiger partial charge in [-0.15, -0.1) is 0 Å². The van der Waals surface area contributed by atoms with Crippen LogP contribution in [-0.2, 0) is 19.8 Å². The Morgan fingerprint density at radius 2 is 1.87 bits per heavy atom. The molecular weight excluding hydrogens is 421 g/mol. The normalized spacial score (nSPS) is 11.8. The first-order valence-corrected chi connectivity index (χ1v) is 9.10. The summed E-state index contributed by atoms with van der Waals surface area (Å²) in [6, 6.07) is 10.1. The summed E-state index contributed by atoms with van der Waals surface area (Å²) in [6.45, 7) is 0.259. The monoisotopic (exact) mass is 434 g/mol. The average Bonchev–Trinajstić information content (AvgIpc) is 3.11. The number of aryl methyl sites for hydroxylation is 1. The summed E-state index contributed by atoms with van der Waals surface area (Å²) in [7, 11) is 1.75. The van der Waals surface area contributed by atoms with Crippen molar-refractivity contribution in [1.29, 1.82) is 0 Å². The number of para-hydroxylation sites is 1. The van der Waals surface area contributed by atoms with Crippen LogP contribution in [0.2, 0.25) is 5.02 Å². The highest BCUT2D eigenvalue weighted by atomic mass is 35.5. The third-order valence-electron chi connectivity index (χ3n) is 4.48. The van der Waals surface area contributed by atoms with Crippen LogP contribution in [0.15, 0.2) is 53.5 Å². The SMILES string of the molecule is Cn1nccc1CNc1nc(=O)n(-c2ccccc2Cl)c2nc(C(F)(F)F)ccc12. The van der Waals surface area contributed by atoms with Gasteiger partial charge in [-0.25, -0.2) is 14.3 Å². The molecule has 4 rings (SSSR count). The summed E-state index contributed by atoms with van der Waals surface area (Å²) in [4.78, 5) is 20.6. The van der Waals surface area contributed by atoms with Crippen molar-refractivity contribution >= 4 is 28.5 Å². The maximum atomic E-state index is 13.3. The maximum Gasteiger partial charge on any atom is 0.433 e. The standard InChI is InChI=1S/C19H14ClF3N6O/c1-28-11(8-9-25-28)10-24-16-12-6-7-15(19(21,22)23)26-17(12)29(18(30)27-16)14-5-3-2-4-13(14)20/h2-9H,10H2,1H3,(H,24,27,30). The number of alkyl halides is 3. The highest BCUT2D eigenvalue weighted by Gasteiger charge is 2.33. The Morgan fingerprint density at radius 1 is 1.10 bits per heavy atom. The molecule has 3 heterocycles. The van der Waals surface area contributed by atoms with Crippen LogP contribution in [0, 0.1) is 0 Å². The van der Waals surface area contributed by atoms with Crippen LogP contribution in [0.5, 0.6) is 0 Å². The van der Waals surface area contributed by atoms with Crippen LogP contribution in [0.4, 0.5) is 19.0 Å². The largest absolute Gasteiger partial charge is 0.433 e. The quantitative estimate of drug-likeness (QED) is 0.528. The number of nitrogens with one attached hydrogen (secondary N) is 1. The van der Waals surface area contributed by atoms with E-state index in [1.807, 2.05) is 0 Å². The molecule has 0 atom stereocenters. The van der Waals surface area contributed by atoms with Crippen molar-refractivity contribution < 1.29 is 13.2 Å². The maximum absolute atomic E-state index is 13.3. The molecule has 7 nitrogen and oxygen atoms in total. The Labute approximate surface area is 172 Å². The first-order chi connectivity index (χ1) is 14.3. The predicted molar refractivity (Wildman–Crippen MR) is 106 cm³/mol. The van der Waals surface area contributed by atoms with Crippen LogP contribution in [0.3, 0.4) is 0 Å². The van der Waals surface area contributed by atoms with E-state index in [0.29, 0.717) is 0 Å². The van der Waals surface area contributed by atoms with Gasteiger partial charge >= 0.3 is 11.9 Å². The number of nitrogens with zero attached hydrogens (tertiary/aromatic N) is 5.